The summed E-state index contributed by atoms with van der Waals surface area (Å²) >= 11 is 0. The van der Waals surface area contributed by atoms with Gasteiger partial charge in [-0.1, -0.05) is 12.1 Å². The Kier molecular flexibility index (Phi) is 2.01. The number of benzene rings is 1. The molecule has 3 rings (SSSR count). The van der Waals surface area contributed by atoms with E-state index >= 15 is 0 Å². The van der Waals surface area contributed by atoms with E-state index in [0.29, 0.717) is 0 Å². The molecule has 2 heteroatoms. The summed E-state index contributed by atoms with van der Waals surface area (Å²) in [7, 11) is 0. The van der Waals surface area contributed by atoms with Crippen LogP contribution < -0.4 is 5.73 Å². The van der Waals surface area contributed by atoms with Crippen molar-refractivity contribution in [1.82, 2.24) is 4.98 Å². The van der Waals surface area contributed by atoms with Crippen molar-refractivity contribution in [2.45, 2.75) is 25.2 Å². The van der Waals surface area contributed by atoms with Gasteiger partial charge in [0.2, 0.25) is 0 Å². The number of aromatic nitrogens is 1. The lowest BCUT2D eigenvalue weighted by Gasteiger charge is -2.13. The predicted octanol–water partition coefficient (Wildman–Crippen LogP) is 2.53. The average molecular weight is 212 g/mol. The van der Waals surface area contributed by atoms with Crippen molar-refractivity contribution in [3.05, 3.63) is 41.7 Å². The van der Waals surface area contributed by atoms with E-state index in [1.807, 2.05) is 13.1 Å². The van der Waals surface area contributed by atoms with Crippen LogP contribution in [-0.2, 0) is 5.41 Å². The quantitative estimate of drug-likeness (QED) is 0.830. The van der Waals surface area contributed by atoms with E-state index in [4.69, 9.17) is 5.73 Å². The third-order valence-corrected chi connectivity index (χ3v) is 3.72. The van der Waals surface area contributed by atoms with Crippen molar-refractivity contribution >= 4 is 10.8 Å². The maximum absolute atomic E-state index is 5.85. The molecule has 0 amide bonds. The third-order valence-electron chi connectivity index (χ3n) is 3.72. The van der Waals surface area contributed by atoms with Gasteiger partial charge in [-0.05, 0) is 42.8 Å². The number of aryl methyl sites for hydroxylation is 1. The molecular weight excluding hydrogens is 196 g/mol. The number of fused-ring (bicyclic) bond motifs is 1. The summed E-state index contributed by atoms with van der Waals surface area (Å²) in [5.74, 6) is 0. The van der Waals surface area contributed by atoms with Gasteiger partial charge < -0.3 is 5.73 Å². The molecule has 82 valence electrons. The first-order valence-electron chi connectivity index (χ1n) is 5.80. The number of hydrogen-bond acceptors (Lipinski definition) is 2. The molecule has 2 N–H and O–H groups in total. The van der Waals surface area contributed by atoms with Crippen LogP contribution in [0.4, 0.5) is 0 Å². The molecule has 1 aliphatic carbocycles. The molecule has 0 aliphatic heterocycles. The van der Waals surface area contributed by atoms with Gasteiger partial charge in [-0.25, -0.2) is 0 Å². The predicted molar refractivity (Wildman–Crippen MR) is 66.4 cm³/mol. The zero-order valence-electron chi connectivity index (χ0n) is 9.53. The molecule has 16 heavy (non-hydrogen) atoms. The first kappa shape index (κ1) is 9.79. The van der Waals surface area contributed by atoms with Crippen LogP contribution in [0.2, 0.25) is 0 Å². The molecule has 0 atom stereocenters. The average Bonchev–Trinajstić information content (AvgIpc) is 3.09. The lowest BCUT2D eigenvalue weighted by atomic mass is 9.94. The van der Waals surface area contributed by atoms with E-state index in [9.17, 15) is 0 Å². The molecule has 2 nitrogen and oxygen atoms in total. The summed E-state index contributed by atoms with van der Waals surface area (Å²) in [5.41, 5.74) is 8.58. The fraction of sp³-hybridized carbons (Fsp3) is 0.357. The van der Waals surface area contributed by atoms with Crippen LogP contribution >= 0.6 is 0 Å². The van der Waals surface area contributed by atoms with Gasteiger partial charge in [-0.15, -0.1) is 0 Å². The Morgan fingerprint density at radius 2 is 2.06 bits per heavy atom. The van der Waals surface area contributed by atoms with Crippen molar-refractivity contribution < 1.29 is 0 Å². The summed E-state index contributed by atoms with van der Waals surface area (Å²) < 4.78 is 0. The fourth-order valence-electron chi connectivity index (χ4n) is 2.34. The van der Waals surface area contributed by atoms with Gasteiger partial charge in [0.1, 0.15) is 0 Å². The molecule has 1 heterocycles. The smallest absolute Gasteiger partial charge is 0.0379 e. The summed E-state index contributed by atoms with van der Waals surface area (Å²) in [4.78, 5) is 4.35. The second-order valence-electron chi connectivity index (χ2n) is 4.87. The van der Waals surface area contributed by atoms with Gasteiger partial charge in [-0.2, -0.15) is 0 Å². The number of rotatable bonds is 2. The van der Waals surface area contributed by atoms with Crippen LogP contribution in [0, 0.1) is 6.92 Å². The van der Waals surface area contributed by atoms with Crippen molar-refractivity contribution in [2.24, 2.45) is 5.73 Å². The number of pyridine rings is 1. The Hall–Kier alpha value is -1.41. The van der Waals surface area contributed by atoms with E-state index in [2.05, 4.69) is 29.2 Å². The molecule has 1 aromatic carbocycles. The van der Waals surface area contributed by atoms with Crippen LogP contribution in [0.25, 0.3) is 10.8 Å². The SMILES string of the molecule is Cc1cc2ccc(C3(CN)CC3)cc2cn1. The van der Waals surface area contributed by atoms with Gasteiger partial charge in [0.15, 0.2) is 0 Å². The molecule has 0 unspecified atom stereocenters. The molecular formula is C14H16N2. The minimum Gasteiger partial charge on any atom is -0.330 e. The molecule has 1 fully saturated rings. The largest absolute Gasteiger partial charge is 0.330 e. The first-order chi connectivity index (χ1) is 7.73. The lowest BCUT2D eigenvalue weighted by Crippen LogP contribution is -2.19. The molecule has 0 saturated heterocycles. The van der Waals surface area contributed by atoms with Gasteiger partial charge >= 0.3 is 0 Å². The summed E-state index contributed by atoms with van der Waals surface area (Å²) in [5, 5.41) is 2.49. The molecule has 0 bridgehead atoms. The molecule has 0 spiro atoms. The van der Waals surface area contributed by atoms with Crippen LogP contribution in [-0.4, -0.2) is 11.5 Å². The Labute approximate surface area is 95.5 Å². The topological polar surface area (TPSA) is 38.9 Å². The number of nitrogens with two attached hydrogens (primary N) is 1. The highest BCUT2D eigenvalue weighted by molar-refractivity contribution is 5.83. The third kappa shape index (κ3) is 1.41. The zero-order valence-corrected chi connectivity index (χ0v) is 9.53. The van der Waals surface area contributed by atoms with Crippen LogP contribution in [0.5, 0.6) is 0 Å². The minimum absolute atomic E-state index is 0.277. The summed E-state index contributed by atoms with van der Waals surface area (Å²) in [6.45, 7) is 2.79. The van der Waals surface area contributed by atoms with Gasteiger partial charge in [0, 0.05) is 29.2 Å². The van der Waals surface area contributed by atoms with Crippen LogP contribution in [0.15, 0.2) is 30.5 Å². The van der Waals surface area contributed by atoms with Gasteiger partial charge in [-0.3, -0.25) is 4.98 Å². The van der Waals surface area contributed by atoms with E-state index in [-0.39, 0.29) is 5.41 Å². The summed E-state index contributed by atoms with van der Waals surface area (Å²) in [6.07, 6.45) is 4.42. The Morgan fingerprint density at radius 3 is 2.75 bits per heavy atom. The number of hydrogen-bond donors (Lipinski definition) is 1. The maximum atomic E-state index is 5.85. The van der Waals surface area contributed by atoms with Gasteiger partial charge in [0.05, 0.1) is 0 Å². The van der Waals surface area contributed by atoms with Crippen LogP contribution in [0.1, 0.15) is 24.1 Å². The normalized spacial score (nSPS) is 17.6. The zero-order chi connectivity index (χ0) is 11.2. The Balaban J connectivity index is 2.13. The standard InChI is InChI=1S/C14H16N2/c1-10-6-11-2-3-13(7-12(11)8-16-10)14(9-15)4-5-14/h2-3,6-8H,4-5,9,15H2,1H3. The number of nitrogens with zero attached hydrogens (tertiary/aromatic N) is 1. The molecule has 1 saturated carbocycles. The highest BCUT2D eigenvalue weighted by Crippen LogP contribution is 2.47. The highest BCUT2D eigenvalue weighted by Gasteiger charge is 2.42. The second-order valence-corrected chi connectivity index (χ2v) is 4.87. The monoisotopic (exact) mass is 212 g/mol. The van der Waals surface area contributed by atoms with Crippen molar-refractivity contribution in [2.75, 3.05) is 6.54 Å². The summed E-state index contributed by atoms with van der Waals surface area (Å²) in [6, 6.07) is 8.79. The highest BCUT2D eigenvalue weighted by atomic mass is 14.7. The lowest BCUT2D eigenvalue weighted by molar-refractivity contribution is 0.706. The second kappa shape index (κ2) is 3.29. The van der Waals surface area contributed by atoms with E-state index < -0.39 is 0 Å². The first-order valence-corrected chi connectivity index (χ1v) is 5.80. The fourth-order valence-corrected chi connectivity index (χ4v) is 2.34. The molecule has 0 radical (unpaired) electrons. The molecule has 1 aromatic heterocycles. The van der Waals surface area contributed by atoms with E-state index in [0.717, 1.165) is 12.2 Å². The maximum Gasteiger partial charge on any atom is 0.0379 e. The molecule has 1 aliphatic rings. The molecule has 2 aromatic rings. The van der Waals surface area contributed by atoms with E-state index in [1.165, 1.54) is 29.2 Å². The Bertz CT molecular complexity index is 541. The minimum atomic E-state index is 0.277. The van der Waals surface area contributed by atoms with Crippen molar-refractivity contribution in [3.8, 4) is 0 Å². The Morgan fingerprint density at radius 1 is 1.25 bits per heavy atom. The van der Waals surface area contributed by atoms with Crippen LogP contribution in [0.3, 0.4) is 0 Å². The van der Waals surface area contributed by atoms with Crippen molar-refractivity contribution in [1.29, 1.82) is 0 Å². The van der Waals surface area contributed by atoms with Gasteiger partial charge in [0.25, 0.3) is 0 Å². The van der Waals surface area contributed by atoms with E-state index in [1.54, 1.807) is 0 Å². The van der Waals surface area contributed by atoms with Crippen molar-refractivity contribution in [3.63, 3.8) is 0 Å².